The third-order valence-corrected chi connectivity index (χ3v) is 7.92. The number of halogens is 1. The lowest BCUT2D eigenvalue weighted by Gasteiger charge is -2.15. The highest BCUT2D eigenvalue weighted by Gasteiger charge is 2.34. The van der Waals surface area contributed by atoms with Crippen LogP contribution in [0.2, 0.25) is 0 Å². The number of rotatable bonds is 7. The number of aliphatic carboxylic acids is 1. The first kappa shape index (κ1) is 24.2. The third-order valence-electron chi connectivity index (χ3n) is 5.80. The minimum Gasteiger partial charge on any atom is -0.480 e. The molecule has 0 aliphatic rings. The van der Waals surface area contributed by atoms with Gasteiger partial charge in [0.25, 0.3) is 5.56 Å². The summed E-state index contributed by atoms with van der Waals surface area (Å²) in [7, 11) is -4.27. The lowest BCUT2D eigenvalue weighted by Crippen LogP contribution is -2.34. The molecule has 35 heavy (non-hydrogen) atoms. The van der Waals surface area contributed by atoms with Gasteiger partial charge in [-0.2, -0.15) is 0 Å². The summed E-state index contributed by atoms with van der Waals surface area (Å²) >= 11 is 0. The van der Waals surface area contributed by atoms with Crippen LogP contribution in [0.15, 0.2) is 70.4 Å². The molecule has 0 radical (unpaired) electrons. The average molecular weight is 496 g/mol. The van der Waals surface area contributed by atoms with Crippen LogP contribution in [0, 0.1) is 19.7 Å². The molecule has 1 heterocycles. The molecule has 8 nitrogen and oxygen atoms in total. The molecule has 0 saturated heterocycles. The summed E-state index contributed by atoms with van der Waals surface area (Å²) < 4.78 is 40.8. The number of aromatic nitrogens is 3. The second-order valence-electron chi connectivity index (χ2n) is 8.29. The first-order valence-electron chi connectivity index (χ1n) is 10.8. The maximum Gasteiger partial charge on any atom is 0.322 e. The van der Waals surface area contributed by atoms with Crippen molar-refractivity contribution >= 4 is 26.7 Å². The second-order valence-corrected chi connectivity index (χ2v) is 10.4. The van der Waals surface area contributed by atoms with Crippen LogP contribution in [-0.2, 0) is 21.2 Å². The van der Waals surface area contributed by atoms with E-state index in [0.717, 1.165) is 10.2 Å². The first-order chi connectivity index (χ1) is 16.6. The number of hydrogen-bond acceptors (Lipinski definition) is 6. The second kappa shape index (κ2) is 9.38. The van der Waals surface area contributed by atoms with Crippen LogP contribution in [0.5, 0.6) is 0 Å². The van der Waals surface area contributed by atoms with E-state index in [9.17, 15) is 27.5 Å². The van der Waals surface area contributed by atoms with Crippen LogP contribution in [0.1, 0.15) is 17.5 Å². The molecule has 0 amide bonds. The number of carboxylic acid groups (broad SMARTS) is 1. The van der Waals surface area contributed by atoms with Gasteiger partial charge in [-0.05, 0) is 73.4 Å². The highest BCUT2D eigenvalue weighted by molar-refractivity contribution is 7.92. The normalized spacial score (nSPS) is 12.5. The van der Waals surface area contributed by atoms with Crippen molar-refractivity contribution in [3.63, 3.8) is 0 Å². The number of nitrogens with zero attached hydrogens (tertiary/aromatic N) is 3. The predicted octanol–water partition coefficient (Wildman–Crippen LogP) is 3.53. The fraction of sp³-hybridized carbons (Fsp3) is 0.200. The zero-order valence-electron chi connectivity index (χ0n) is 19.0. The van der Waals surface area contributed by atoms with E-state index < -0.39 is 26.6 Å². The number of sulfone groups is 1. The fourth-order valence-electron chi connectivity index (χ4n) is 3.81. The highest BCUT2D eigenvalue weighted by atomic mass is 32.2. The molecule has 180 valence electrons. The van der Waals surface area contributed by atoms with Crippen LogP contribution in [0.25, 0.3) is 22.0 Å². The molecule has 0 aliphatic heterocycles. The molecule has 0 spiro atoms. The zero-order valence-corrected chi connectivity index (χ0v) is 19.8. The SMILES string of the molecule is Cc1ccc2nnn(CCC(C(=O)O)S(=O)(=O)c3ccc(-c4ccc(F)c(C)c4)cc3)c(=O)c2c1. The Bertz CT molecular complexity index is 1600. The Morgan fingerprint density at radius 3 is 2.37 bits per heavy atom. The summed E-state index contributed by atoms with van der Waals surface area (Å²) in [5.74, 6) is -1.87. The maximum atomic E-state index is 13.5. The maximum absolute atomic E-state index is 13.5. The topological polar surface area (TPSA) is 119 Å². The Kier molecular flexibility index (Phi) is 6.49. The molecule has 1 N–H and O–H groups in total. The molecule has 1 aromatic heterocycles. The van der Waals surface area contributed by atoms with E-state index in [1.807, 2.05) is 6.92 Å². The van der Waals surface area contributed by atoms with Crippen molar-refractivity contribution in [3.05, 3.63) is 88.0 Å². The molecule has 4 rings (SSSR count). The number of aryl methyl sites for hydroxylation is 3. The van der Waals surface area contributed by atoms with E-state index in [1.54, 1.807) is 49.4 Å². The van der Waals surface area contributed by atoms with E-state index in [-0.39, 0.29) is 23.7 Å². The van der Waals surface area contributed by atoms with Gasteiger partial charge in [-0.3, -0.25) is 9.59 Å². The fourth-order valence-corrected chi connectivity index (χ4v) is 5.34. The first-order valence-corrected chi connectivity index (χ1v) is 12.3. The summed E-state index contributed by atoms with van der Waals surface area (Å²) in [5, 5.41) is 16.0. The van der Waals surface area contributed by atoms with E-state index in [0.29, 0.717) is 27.6 Å². The van der Waals surface area contributed by atoms with E-state index >= 15 is 0 Å². The summed E-state index contributed by atoms with van der Waals surface area (Å²) in [5.41, 5.74) is 2.58. The van der Waals surface area contributed by atoms with Crippen molar-refractivity contribution in [2.45, 2.75) is 37.0 Å². The van der Waals surface area contributed by atoms with Gasteiger partial charge in [0.2, 0.25) is 0 Å². The Morgan fingerprint density at radius 2 is 1.71 bits per heavy atom. The van der Waals surface area contributed by atoms with Crippen LogP contribution in [0.4, 0.5) is 4.39 Å². The van der Waals surface area contributed by atoms with Crippen molar-refractivity contribution in [1.29, 1.82) is 0 Å². The summed E-state index contributed by atoms with van der Waals surface area (Å²) in [6, 6.07) is 15.4. The number of hydrogen-bond donors (Lipinski definition) is 1. The molecule has 1 unspecified atom stereocenters. The molecule has 10 heteroatoms. The minimum absolute atomic E-state index is 0.167. The minimum atomic E-state index is -4.27. The Morgan fingerprint density at radius 1 is 1.03 bits per heavy atom. The van der Waals surface area contributed by atoms with Crippen LogP contribution in [-0.4, -0.2) is 39.7 Å². The van der Waals surface area contributed by atoms with E-state index in [2.05, 4.69) is 10.3 Å². The van der Waals surface area contributed by atoms with E-state index in [1.165, 1.54) is 18.2 Å². The largest absolute Gasteiger partial charge is 0.480 e. The van der Waals surface area contributed by atoms with Crippen molar-refractivity contribution in [1.82, 2.24) is 15.0 Å². The average Bonchev–Trinajstić information content (AvgIpc) is 2.82. The van der Waals surface area contributed by atoms with Gasteiger partial charge in [-0.1, -0.05) is 35.0 Å². The molecule has 3 aromatic carbocycles. The summed E-state index contributed by atoms with van der Waals surface area (Å²) in [6.07, 6.45) is -0.373. The molecular formula is C25H22FN3O5S. The van der Waals surface area contributed by atoms with E-state index in [4.69, 9.17) is 0 Å². The Hall–Kier alpha value is -3.92. The quantitative estimate of drug-likeness (QED) is 0.417. The predicted molar refractivity (Wildman–Crippen MR) is 128 cm³/mol. The van der Waals surface area contributed by atoms with Gasteiger partial charge in [0, 0.05) is 6.54 Å². The number of carboxylic acids is 1. The molecule has 0 aliphatic carbocycles. The number of fused-ring (bicyclic) bond motifs is 1. The van der Waals surface area contributed by atoms with Gasteiger partial charge >= 0.3 is 5.97 Å². The van der Waals surface area contributed by atoms with Crippen molar-refractivity contribution in [3.8, 4) is 11.1 Å². The molecule has 0 bridgehead atoms. The van der Waals surface area contributed by atoms with Crippen LogP contribution >= 0.6 is 0 Å². The van der Waals surface area contributed by atoms with Gasteiger partial charge in [-0.15, -0.1) is 5.10 Å². The van der Waals surface area contributed by atoms with Crippen molar-refractivity contribution in [2.24, 2.45) is 0 Å². The summed E-state index contributed by atoms with van der Waals surface area (Å²) in [6.45, 7) is 3.21. The monoisotopic (exact) mass is 495 g/mol. The number of carbonyl (C=O) groups is 1. The lowest BCUT2D eigenvalue weighted by molar-refractivity contribution is -0.136. The van der Waals surface area contributed by atoms with Gasteiger partial charge in [0.15, 0.2) is 15.1 Å². The molecule has 4 aromatic rings. The lowest BCUT2D eigenvalue weighted by atomic mass is 10.0. The van der Waals surface area contributed by atoms with Crippen molar-refractivity contribution in [2.75, 3.05) is 0 Å². The standard InChI is InChI=1S/C25H22FN3O5S/c1-15-3-10-22-20(13-15)24(30)29(28-27-22)12-11-23(25(31)32)35(33,34)19-7-4-17(5-8-19)18-6-9-21(26)16(2)14-18/h3-10,13-14,23H,11-12H2,1-2H3,(H,31,32). The third kappa shape index (κ3) is 4.83. The van der Waals surface area contributed by atoms with Gasteiger partial charge < -0.3 is 5.11 Å². The molecule has 0 saturated carbocycles. The van der Waals surface area contributed by atoms with Gasteiger partial charge in [0.05, 0.1) is 10.3 Å². The molecule has 1 atom stereocenters. The van der Waals surface area contributed by atoms with Crippen LogP contribution in [0.3, 0.4) is 0 Å². The van der Waals surface area contributed by atoms with Crippen LogP contribution < -0.4 is 5.56 Å². The Labute approximate surface area is 200 Å². The zero-order chi connectivity index (χ0) is 25.3. The molecular weight excluding hydrogens is 473 g/mol. The highest BCUT2D eigenvalue weighted by Crippen LogP contribution is 2.26. The van der Waals surface area contributed by atoms with Gasteiger partial charge in [-0.25, -0.2) is 17.5 Å². The van der Waals surface area contributed by atoms with Gasteiger partial charge in [0.1, 0.15) is 11.3 Å². The Balaban J connectivity index is 1.59. The van der Waals surface area contributed by atoms with Crippen molar-refractivity contribution < 1.29 is 22.7 Å². The smallest absolute Gasteiger partial charge is 0.322 e. The molecule has 0 fully saturated rings. The summed E-state index contributed by atoms with van der Waals surface area (Å²) in [4.78, 5) is 24.5. The number of benzene rings is 3.